The molecule has 1 saturated heterocycles. The molecule has 0 radical (unpaired) electrons. The molecule has 29 heavy (non-hydrogen) atoms. The van der Waals surface area contributed by atoms with Crippen LogP contribution in [0, 0.1) is 0 Å². The largest absolute Gasteiger partial charge is 0.494 e. The van der Waals surface area contributed by atoms with E-state index in [1.54, 1.807) is 37.3 Å². The zero-order valence-corrected chi connectivity index (χ0v) is 16.3. The number of rotatable bonds is 7. The number of benzene rings is 2. The Morgan fingerprint density at radius 3 is 2.45 bits per heavy atom. The Labute approximate surface area is 168 Å². The Balaban J connectivity index is 1.40. The monoisotopic (exact) mass is 398 g/mol. The molecule has 2 aromatic carbocycles. The number of imide groups is 1. The summed E-state index contributed by atoms with van der Waals surface area (Å²) in [7, 11) is 0. The summed E-state index contributed by atoms with van der Waals surface area (Å²) in [6.45, 7) is 4.65. The summed E-state index contributed by atoms with van der Waals surface area (Å²) in [4.78, 5) is 26.6. The van der Waals surface area contributed by atoms with E-state index in [9.17, 15) is 9.59 Å². The summed E-state index contributed by atoms with van der Waals surface area (Å²) in [5, 5.41) is 2.78. The van der Waals surface area contributed by atoms with E-state index in [2.05, 4.69) is 5.32 Å². The van der Waals surface area contributed by atoms with Gasteiger partial charge in [-0.05, 0) is 55.8 Å². The van der Waals surface area contributed by atoms with Crippen molar-refractivity contribution in [2.75, 3.05) is 26.6 Å². The van der Waals surface area contributed by atoms with Gasteiger partial charge in [0.2, 0.25) is 6.79 Å². The Morgan fingerprint density at radius 2 is 1.72 bits per heavy atom. The van der Waals surface area contributed by atoms with Crippen LogP contribution in [0.3, 0.4) is 0 Å². The zero-order valence-electron chi connectivity index (χ0n) is 16.3. The van der Waals surface area contributed by atoms with E-state index in [1.807, 2.05) is 19.1 Å². The molecule has 0 aromatic heterocycles. The number of carbonyl (C=O) groups is 2. The molecule has 4 rings (SSSR count). The van der Waals surface area contributed by atoms with Crippen LogP contribution in [0.15, 0.2) is 42.5 Å². The number of carbonyl (C=O) groups excluding carboxylic acids is 2. The number of nitrogens with zero attached hydrogens (tertiary/aromatic N) is 1. The van der Waals surface area contributed by atoms with Crippen molar-refractivity contribution in [3.8, 4) is 23.0 Å². The Bertz CT molecular complexity index is 929. The predicted molar refractivity (Wildman–Crippen MR) is 103 cm³/mol. The summed E-state index contributed by atoms with van der Waals surface area (Å²) >= 11 is 0. The van der Waals surface area contributed by atoms with Crippen LogP contribution >= 0.6 is 0 Å². The van der Waals surface area contributed by atoms with E-state index in [0.29, 0.717) is 29.4 Å². The van der Waals surface area contributed by atoms with Crippen LogP contribution in [0.25, 0.3) is 0 Å². The molecule has 0 aliphatic carbocycles. The second-order valence-corrected chi connectivity index (χ2v) is 6.83. The maximum atomic E-state index is 13.0. The first-order valence-electron chi connectivity index (χ1n) is 9.41. The molecule has 2 aromatic rings. The maximum Gasteiger partial charge on any atom is 0.325 e. The van der Waals surface area contributed by atoms with E-state index in [-0.39, 0.29) is 25.9 Å². The molecular weight excluding hydrogens is 376 g/mol. The highest BCUT2D eigenvalue weighted by Crippen LogP contribution is 2.37. The van der Waals surface area contributed by atoms with E-state index >= 15 is 0 Å². The number of nitrogens with one attached hydrogen (secondary N) is 1. The smallest absolute Gasteiger partial charge is 0.325 e. The van der Waals surface area contributed by atoms with Crippen molar-refractivity contribution in [2.24, 2.45) is 0 Å². The number of urea groups is 1. The Morgan fingerprint density at radius 1 is 1.03 bits per heavy atom. The van der Waals surface area contributed by atoms with Crippen LogP contribution in [-0.4, -0.2) is 43.4 Å². The van der Waals surface area contributed by atoms with Crippen molar-refractivity contribution in [1.82, 2.24) is 10.2 Å². The fourth-order valence-electron chi connectivity index (χ4n) is 3.36. The third-order valence-electron chi connectivity index (χ3n) is 4.94. The standard InChI is InChI=1S/C21H22N2O6/c1-3-26-15-5-7-16(8-6-15)27-11-10-23-19(24)21(2,22-20(23)25)14-4-9-17-18(12-14)29-13-28-17/h4-9,12H,3,10-11,13H2,1-2H3,(H,22,25). The second-order valence-electron chi connectivity index (χ2n) is 6.83. The van der Waals surface area contributed by atoms with Crippen LogP contribution in [0.1, 0.15) is 19.4 Å². The van der Waals surface area contributed by atoms with Gasteiger partial charge in [-0.25, -0.2) is 4.79 Å². The lowest BCUT2D eigenvalue weighted by Crippen LogP contribution is -2.41. The van der Waals surface area contributed by atoms with Gasteiger partial charge in [-0.3, -0.25) is 9.69 Å². The molecule has 0 bridgehead atoms. The molecule has 2 aliphatic rings. The molecule has 152 valence electrons. The average Bonchev–Trinajstić information content (AvgIpc) is 3.27. The molecule has 0 saturated carbocycles. The lowest BCUT2D eigenvalue weighted by molar-refractivity contribution is -0.131. The first-order chi connectivity index (χ1) is 14.0. The SMILES string of the molecule is CCOc1ccc(OCCN2C(=O)NC(C)(c3ccc4c(c3)OCO4)C2=O)cc1. The van der Waals surface area contributed by atoms with Gasteiger partial charge in [0.15, 0.2) is 11.5 Å². The van der Waals surface area contributed by atoms with Gasteiger partial charge in [0.05, 0.1) is 13.2 Å². The minimum atomic E-state index is -1.17. The van der Waals surface area contributed by atoms with Crippen LogP contribution in [0.5, 0.6) is 23.0 Å². The summed E-state index contributed by atoms with van der Waals surface area (Å²) in [6.07, 6.45) is 0. The Hall–Kier alpha value is -3.42. The number of amides is 3. The normalized spacial score (nSPS) is 20.0. The summed E-state index contributed by atoms with van der Waals surface area (Å²) in [5.74, 6) is 2.24. The lowest BCUT2D eigenvalue weighted by Gasteiger charge is -2.22. The van der Waals surface area contributed by atoms with Gasteiger partial charge >= 0.3 is 6.03 Å². The van der Waals surface area contributed by atoms with Gasteiger partial charge < -0.3 is 24.3 Å². The van der Waals surface area contributed by atoms with E-state index in [0.717, 1.165) is 5.75 Å². The summed E-state index contributed by atoms with van der Waals surface area (Å²) in [5.41, 5.74) is -0.535. The van der Waals surface area contributed by atoms with Crippen molar-refractivity contribution in [2.45, 2.75) is 19.4 Å². The minimum absolute atomic E-state index is 0.137. The molecule has 1 fully saturated rings. The summed E-state index contributed by atoms with van der Waals surface area (Å²) in [6, 6.07) is 11.9. The van der Waals surface area contributed by atoms with Gasteiger partial charge in [-0.1, -0.05) is 6.07 Å². The molecule has 1 unspecified atom stereocenters. The summed E-state index contributed by atoms with van der Waals surface area (Å²) < 4.78 is 21.7. The third kappa shape index (κ3) is 3.53. The number of hydrogen-bond donors (Lipinski definition) is 1. The van der Waals surface area contributed by atoms with Crippen molar-refractivity contribution >= 4 is 11.9 Å². The van der Waals surface area contributed by atoms with Crippen LogP contribution in [0.2, 0.25) is 0 Å². The highest BCUT2D eigenvalue weighted by atomic mass is 16.7. The number of fused-ring (bicyclic) bond motifs is 1. The molecule has 8 heteroatoms. The molecular formula is C21H22N2O6. The molecule has 1 atom stereocenters. The van der Waals surface area contributed by atoms with Crippen LogP contribution in [-0.2, 0) is 10.3 Å². The molecule has 3 amide bonds. The van der Waals surface area contributed by atoms with Crippen molar-refractivity contribution in [3.63, 3.8) is 0 Å². The lowest BCUT2D eigenvalue weighted by atomic mass is 9.91. The maximum absolute atomic E-state index is 13.0. The first-order valence-corrected chi connectivity index (χ1v) is 9.41. The topological polar surface area (TPSA) is 86.3 Å². The van der Waals surface area contributed by atoms with Gasteiger partial charge in [0.1, 0.15) is 23.6 Å². The highest BCUT2D eigenvalue weighted by molar-refractivity contribution is 6.07. The number of ether oxygens (including phenoxy) is 4. The third-order valence-corrected chi connectivity index (χ3v) is 4.94. The molecule has 1 N–H and O–H groups in total. The molecule has 2 heterocycles. The minimum Gasteiger partial charge on any atom is -0.494 e. The van der Waals surface area contributed by atoms with Gasteiger partial charge in [-0.2, -0.15) is 0 Å². The van der Waals surface area contributed by atoms with E-state index < -0.39 is 11.6 Å². The number of hydrogen-bond acceptors (Lipinski definition) is 6. The van der Waals surface area contributed by atoms with E-state index in [1.165, 1.54) is 4.90 Å². The Kier molecular flexibility index (Phi) is 4.92. The molecule has 2 aliphatic heterocycles. The van der Waals surface area contributed by atoms with Crippen LogP contribution < -0.4 is 24.3 Å². The van der Waals surface area contributed by atoms with Crippen molar-refractivity contribution in [3.05, 3.63) is 48.0 Å². The average molecular weight is 398 g/mol. The quantitative estimate of drug-likeness (QED) is 0.722. The zero-order chi connectivity index (χ0) is 20.4. The van der Waals surface area contributed by atoms with Crippen molar-refractivity contribution < 1.29 is 28.5 Å². The first kappa shape index (κ1) is 18.9. The molecule has 8 nitrogen and oxygen atoms in total. The van der Waals surface area contributed by atoms with E-state index in [4.69, 9.17) is 18.9 Å². The molecule has 0 spiro atoms. The second kappa shape index (κ2) is 7.54. The van der Waals surface area contributed by atoms with Crippen LogP contribution in [0.4, 0.5) is 4.79 Å². The fourth-order valence-corrected chi connectivity index (χ4v) is 3.36. The van der Waals surface area contributed by atoms with Gasteiger partial charge in [0, 0.05) is 0 Å². The highest BCUT2D eigenvalue weighted by Gasteiger charge is 2.49. The van der Waals surface area contributed by atoms with Crippen molar-refractivity contribution in [1.29, 1.82) is 0 Å². The fraction of sp³-hybridized carbons (Fsp3) is 0.333. The predicted octanol–water partition coefficient (Wildman–Crippen LogP) is 2.66. The van der Waals surface area contributed by atoms with Gasteiger partial charge in [-0.15, -0.1) is 0 Å². The van der Waals surface area contributed by atoms with Gasteiger partial charge in [0.25, 0.3) is 5.91 Å².